The van der Waals surface area contributed by atoms with Crippen molar-refractivity contribution in [3.63, 3.8) is 0 Å². The summed E-state index contributed by atoms with van der Waals surface area (Å²) in [7, 11) is 0. The lowest BCUT2D eigenvalue weighted by atomic mass is 9.93. The Labute approximate surface area is 158 Å². The summed E-state index contributed by atoms with van der Waals surface area (Å²) in [6, 6.07) is 4.83. The number of carbonyl (C=O) groups is 1. The number of hydrogen-bond donors (Lipinski definition) is 2. The molecule has 0 radical (unpaired) electrons. The molecule has 2 N–H and O–H groups in total. The van der Waals surface area contributed by atoms with Crippen molar-refractivity contribution in [2.24, 2.45) is 0 Å². The van der Waals surface area contributed by atoms with Crippen molar-refractivity contribution >= 4 is 28.1 Å². The van der Waals surface area contributed by atoms with Crippen LogP contribution in [0, 0.1) is 0 Å². The fourth-order valence-corrected chi connectivity index (χ4v) is 3.84. The highest BCUT2D eigenvalue weighted by atomic mass is 32.1. The number of carboxylic acid groups (broad SMARTS) is 1. The third-order valence-electron chi connectivity index (χ3n) is 4.12. The van der Waals surface area contributed by atoms with E-state index in [4.69, 9.17) is 5.11 Å². The van der Waals surface area contributed by atoms with E-state index >= 15 is 0 Å². The summed E-state index contributed by atoms with van der Waals surface area (Å²) in [4.78, 5) is 16.3. The highest BCUT2D eigenvalue weighted by Crippen LogP contribution is 2.36. The average molecular weight is 394 g/mol. The van der Waals surface area contributed by atoms with Crippen molar-refractivity contribution in [1.82, 2.24) is 4.98 Å². The smallest absolute Gasteiger partial charge is 0.416 e. The van der Waals surface area contributed by atoms with E-state index < -0.39 is 17.7 Å². The molecule has 0 saturated carbocycles. The molecule has 142 valence electrons. The zero-order chi connectivity index (χ0) is 19.6. The highest BCUT2D eigenvalue weighted by molar-refractivity contribution is 7.15. The van der Waals surface area contributed by atoms with Gasteiger partial charge in [-0.05, 0) is 31.5 Å². The maximum Gasteiger partial charge on any atom is 0.416 e. The van der Waals surface area contributed by atoms with Gasteiger partial charge in [-0.25, -0.2) is 4.98 Å². The van der Waals surface area contributed by atoms with Gasteiger partial charge in [0.05, 0.1) is 17.7 Å². The van der Waals surface area contributed by atoms with Gasteiger partial charge in [-0.1, -0.05) is 29.9 Å². The number of carboxylic acids is 1. The summed E-state index contributed by atoms with van der Waals surface area (Å²) in [6.45, 7) is 1.98. The third-order valence-corrected chi connectivity index (χ3v) is 5.10. The Morgan fingerprint density at radius 2 is 2.19 bits per heavy atom. The van der Waals surface area contributed by atoms with Gasteiger partial charge in [0.2, 0.25) is 0 Å². The molecule has 0 amide bonds. The highest BCUT2D eigenvalue weighted by Gasteiger charge is 2.30. The van der Waals surface area contributed by atoms with Crippen LogP contribution in [0.15, 0.2) is 48.1 Å². The van der Waals surface area contributed by atoms with E-state index in [2.05, 4.69) is 16.4 Å². The number of nitrogens with zero attached hydrogens (tertiary/aromatic N) is 1. The summed E-state index contributed by atoms with van der Waals surface area (Å²) in [6.07, 6.45) is 2.08. The molecule has 0 aliphatic heterocycles. The third kappa shape index (κ3) is 4.77. The van der Waals surface area contributed by atoms with Crippen molar-refractivity contribution in [2.75, 3.05) is 5.32 Å². The van der Waals surface area contributed by atoms with Crippen molar-refractivity contribution in [3.05, 3.63) is 64.2 Å². The van der Waals surface area contributed by atoms with Gasteiger partial charge in [0, 0.05) is 16.5 Å². The van der Waals surface area contributed by atoms with Gasteiger partial charge >= 0.3 is 12.1 Å². The van der Waals surface area contributed by atoms with Crippen LogP contribution in [-0.2, 0) is 17.4 Å². The second kappa shape index (κ2) is 7.56. The van der Waals surface area contributed by atoms with Crippen LogP contribution in [0.1, 0.15) is 35.4 Å². The van der Waals surface area contributed by atoms with Crippen LogP contribution in [0.25, 0.3) is 0 Å². The van der Waals surface area contributed by atoms with Crippen molar-refractivity contribution in [3.8, 4) is 0 Å². The van der Waals surface area contributed by atoms with Crippen LogP contribution < -0.4 is 5.32 Å². The predicted octanol–water partition coefficient (Wildman–Crippen LogP) is 5.52. The maximum absolute atomic E-state index is 12.9. The van der Waals surface area contributed by atoms with Crippen LogP contribution in [-0.4, -0.2) is 16.1 Å². The molecule has 0 spiro atoms. The zero-order valence-corrected chi connectivity index (χ0v) is 15.2. The number of nitrogens with one attached hydrogen (secondary N) is 1. The standard InChI is InChI=1S/C19H17F3N2O2S/c1-11-5-7-12(8-6-11)17-15(10-16(25)26)27-18(24-17)23-14-4-2-3-13(9-14)19(20,21)22/h2-7,9,12H,8,10H2,1H3,(H,23,24)(H,25,26). The minimum atomic E-state index is -4.43. The number of halogens is 3. The first-order chi connectivity index (χ1) is 12.7. The first-order valence-electron chi connectivity index (χ1n) is 8.23. The van der Waals surface area contributed by atoms with Crippen molar-refractivity contribution in [2.45, 2.75) is 31.9 Å². The lowest BCUT2D eigenvalue weighted by Gasteiger charge is -2.14. The van der Waals surface area contributed by atoms with Crippen LogP contribution in [0.5, 0.6) is 0 Å². The van der Waals surface area contributed by atoms with E-state index in [-0.39, 0.29) is 18.0 Å². The quantitative estimate of drug-likeness (QED) is 0.701. The molecule has 4 nitrogen and oxygen atoms in total. The molecular weight excluding hydrogens is 377 g/mol. The Bertz CT molecular complexity index is 916. The Morgan fingerprint density at radius 3 is 2.81 bits per heavy atom. The van der Waals surface area contributed by atoms with Crippen LogP contribution >= 0.6 is 11.3 Å². The molecule has 0 bridgehead atoms. The molecule has 27 heavy (non-hydrogen) atoms. The molecule has 1 aromatic heterocycles. The summed E-state index contributed by atoms with van der Waals surface area (Å²) in [5, 5.41) is 12.4. The molecule has 1 aromatic carbocycles. The summed E-state index contributed by atoms with van der Waals surface area (Å²) in [5.74, 6) is -1.02. The van der Waals surface area contributed by atoms with E-state index in [9.17, 15) is 18.0 Å². The van der Waals surface area contributed by atoms with Gasteiger partial charge in [0.1, 0.15) is 0 Å². The number of aliphatic carboxylic acids is 1. The lowest BCUT2D eigenvalue weighted by molar-refractivity contribution is -0.138. The van der Waals surface area contributed by atoms with E-state index in [1.54, 1.807) is 0 Å². The fourth-order valence-electron chi connectivity index (χ4n) is 2.80. The number of hydrogen-bond acceptors (Lipinski definition) is 4. The van der Waals surface area contributed by atoms with Gasteiger partial charge in [-0.15, -0.1) is 11.3 Å². The molecule has 1 atom stereocenters. The number of alkyl halides is 3. The largest absolute Gasteiger partial charge is 0.481 e. The molecule has 0 saturated heterocycles. The van der Waals surface area contributed by atoms with Gasteiger partial charge in [0.25, 0.3) is 0 Å². The minimum Gasteiger partial charge on any atom is -0.481 e. The fraction of sp³-hybridized carbons (Fsp3) is 0.263. The summed E-state index contributed by atoms with van der Waals surface area (Å²) in [5.41, 5.74) is 1.27. The molecule has 1 aliphatic rings. The molecule has 0 fully saturated rings. The molecule has 3 rings (SSSR count). The molecule has 1 unspecified atom stereocenters. The number of rotatable bonds is 5. The molecule has 1 aliphatic carbocycles. The van der Waals surface area contributed by atoms with Gasteiger partial charge in [-0.2, -0.15) is 13.2 Å². The monoisotopic (exact) mass is 394 g/mol. The second-order valence-electron chi connectivity index (χ2n) is 6.25. The number of aromatic nitrogens is 1. The van der Waals surface area contributed by atoms with Gasteiger partial charge in [-0.3, -0.25) is 4.79 Å². The van der Waals surface area contributed by atoms with Crippen molar-refractivity contribution in [1.29, 1.82) is 0 Å². The number of anilines is 2. The second-order valence-corrected chi connectivity index (χ2v) is 7.33. The Balaban J connectivity index is 1.88. The molecule has 1 heterocycles. The number of benzene rings is 1. The molecule has 2 aromatic rings. The van der Waals surface area contributed by atoms with Crippen LogP contribution in [0.4, 0.5) is 24.0 Å². The normalized spacial score (nSPS) is 16.9. The van der Waals surface area contributed by atoms with E-state index in [0.717, 1.165) is 29.0 Å². The SMILES string of the molecule is CC1=CCC(c2nc(Nc3cccc(C(F)(F)F)c3)sc2CC(=O)O)C=C1. The van der Waals surface area contributed by atoms with Crippen molar-refractivity contribution < 1.29 is 23.1 Å². The Morgan fingerprint density at radius 1 is 1.41 bits per heavy atom. The zero-order valence-electron chi connectivity index (χ0n) is 14.4. The summed E-state index contributed by atoms with van der Waals surface area (Å²) >= 11 is 1.15. The van der Waals surface area contributed by atoms with Crippen LogP contribution in [0.3, 0.4) is 0 Å². The Hall–Kier alpha value is -2.61. The summed E-state index contributed by atoms with van der Waals surface area (Å²) < 4.78 is 38.6. The minimum absolute atomic E-state index is 0.0450. The van der Waals surface area contributed by atoms with E-state index in [1.165, 1.54) is 12.1 Å². The maximum atomic E-state index is 12.9. The topological polar surface area (TPSA) is 62.2 Å². The van der Waals surface area contributed by atoms with Gasteiger partial charge < -0.3 is 10.4 Å². The van der Waals surface area contributed by atoms with E-state index in [1.807, 2.05) is 19.1 Å². The predicted molar refractivity (Wildman–Crippen MR) is 98.4 cm³/mol. The van der Waals surface area contributed by atoms with Crippen LogP contribution in [0.2, 0.25) is 0 Å². The molecular formula is C19H17F3N2O2S. The number of allylic oxidation sites excluding steroid dienone is 4. The van der Waals surface area contributed by atoms with Gasteiger partial charge in [0.15, 0.2) is 5.13 Å². The Kier molecular flexibility index (Phi) is 5.36. The lowest BCUT2D eigenvalue weighted by Crippen LogP contribution is -2.06. The molecule has 8 heteroatoms. The average Bonchev–Trinajstić information content (AvgIpc) is 2.96. The first kappa shape index (κ1) is 19.2. The number of thiazole rings is 1. The van der Waals surface area contributed by atoms with E-state index in [0.29, 0.717) is 22.1 Å². The first-order valence-corrected chi connectivity index (χ1v) is 9.04.